The lowest BCUT2D eigenvalue weighted by Crippen LogP contribution is -2.25. The molecule has 0 bridgehead atoms. The Morgan fingerprint density at radius 1 is 1.39 bits per heavy atom. The molecule has 0 radical (unpaired) electrons. The van der Waals surface area contributed by atoms with Gasteiger partial charge < -0.3 is 9.64 Å². The van der Waals surface area contributed by atoms with E-state index in [1.807, 2.05) is 0 Å². The van der Waals surface area contributed by atoms with Crippen molar-refractivity contribution >= 4 is 17.3 Å². The highest BCUT2D eigenvalue weighted by molar-refractivity contribution is 6.99. The van der Waals surface area contributed by atoms with Gasteiger partial charge in [-0.05, 0) is 37.2 Å². The van der Waals surface area contributed by atoms with Gasteiger partial charge in [-0.25, -0.2) is 4.39 Å². The highest BCUT2D eigenvalue weighted by Gasteiger charge is 2.18. The third-order valence-electron chi connectivity index (χ3n) is 3.44. The summed E-state index contributed by atoms with van der Waals surface area (Å²) in [6, 6.07) is 6.18. The second kappa shape index (κ2) is 7.36. The molecular weight excluding hydrogens is 313 g/mol. The largest absolute Gasteiger partial charge is 0.462 e. The molecular formula is C17H16FN3OS. The summed E-state index contributed by atoms with van der Waals surface area (Å²) in [4.78, 5) is 2.24. The van der Waals surface area contributed by atoms with Crippen LogP contribution in [-0.2, 0) is 0 Å². The van der Waals surface area contributed by atoms with Crippen LogP contribution in [0, 0.1) is 17.7 Å². The van der Waals surface area contributed by atoms with Gasteiger partial charge in [0, 0.05) is 18.7 Å². The highest BCUT2D eigenvalue weighted by Crippen LogP contribution is 2.26. The average Bonchev–Trinajstić information content (AvgIpc) is 3.00. The number of hydrogen-bond donors (Lipinski definition) is 0. The number of benzene rings is 1. The van der Waals surface area contributed by atoms with Gasteiger partial charge in [0.15, 0.2) is 6.61 Å². The van der Waals surface area contributed by atoms with Gasteiger partial charge in [-0.3, -0.25) is 0 Å². The van der Waals surface area contributed by atoms with Crippen molar-refractivity contribution in [3.8, 4) is 17.7 Å². The smallest absolute Gasteiger partial charge is 0.254 e. The van der Waals surface area contributed by atoms with Gasteiger partial charge in [0.2, 0.25) is 0 Å². The van der Waals surface area contributed by atoms with Crippen molar-refractivity contribution in [1.29, 1.82) is 0 Å². The fourth-order valence-electron chi connectivity index (χ4n) is 2.35. The molecule has 0 atom stereocenters. The summed E-state index contributed by atoms with van der Waals surface area (Å²) in [5, 5.41) is 0. The number of aromatic nitrogens is 2. The van der Waals surface area contributed by atoms with Crippen molar-refractivity contribution in [2.24, 2.45) is 0 Å². The maximum absolute atomic E-state index is 13.1. The van der Waals surface area contributed by atoms with Crippen molar-refractivity contribution in [2.75, 3.05) is 26.7 Å². The molecule has 118 valence electrons. The molecule has 2 aromatic rings. The minimum Gasteiger partial charge on any atom is -0.462 e. The number of ether oxygens (including phenoxy) is 1. The van der Waals surface area contributed by atoms with Crippen molar-refractivity contribution in [2.45, 2.75) is 6.42 Å². The fraction of sp³-hybridized carbons (Fsp3) is 0.294. The summed E-state index contributed by atoms with van der Waals surface area (Å²) in [7, 11) is 2.08. The third-order valence-corrected chi connectivity index (χ3v) is 3.95. The van der Waals surface area contributed by atoms with E-state index >= 15 is 0 Å². The van der Waals surface area contributed by atoms with Gasteiger partial charge in [0.1, 0.15) is 11.5 Å². The Morgan fingerprint density at radius 3 is 3.13 bits per heavy atom. The van der Waals surface area contributed by atoms with Crippen molar-refractivity contribution in [1.82, 2.24) is 13.6 Å². The van der Waals surface area contributed by atoms with Crippen LogP contribution in [-0.4, -0.2) is 40.4 Å². The number of rotatable bonds is 3. The summed E-state index contributed by atoms with van der Waals surface area (Å²) in [5.41, 5.74) is 2.57. The van der Waals surface area contributed by atoms with E-state index in [1.165, 1.54) is 12.1 Å². The van der Waals surface area contributed by atoms with Crippen LogP contribution in [0.1, 0.15) is 17.7 Å². The minimum absolute atomic E-state index is 0.193. The van der Waals surface area contributed by atoms with Crippen LogP contribution in [0.5, 0.6) is 5.88 Å². The average molecular weight is 329 g/mol. The maximum Gasteiger partial charge on any atom is 0.254 e. The predicted molar refractivity (Wildman–Crippen MR) is 88.8 cm³/mol. The lowest BCUT2D eigenvalue weighted by atomic mass is 10.1. The van der Waals surface area contributed by atoms with E-state index in [-0.39, 0.29) is 12.4 Å². The van der Waals surface area contributed by atoms with Crippen LogP contribution in [0.3, 0.4) is 0 Å². The van der Waals surface area contributed by atoms with E-state index in [2.05, 4.69) is 38.6 Å². The Bertz CT molecular complexity index is 775. The van der Waals surface area contributed by atoms with Crippen molar-refractivity contribution < 1.29 is 9.13 Å². The monoisotopic (exact) mass is 329 g/mol. The number of likely N-dealkylation sites (N-methyl/N-ethyl adjacent to an activating group) is 1. The Labute approximate surface area is 138 Å². The molecule has 0 amide bonds. The summed E-state index contributed by atoms with van der Waals surface area (Å²) < 4.78 is 27.2. The normalized spacial score (nSPS) is 14.8. The minimum atomic E-state index is -0.294. The molecule has 1 aromatic carbocycles. The molecule has 4 nitrogen and oxygen atoms in total. The molecule has 1 aromatic heterocycles. The van der Waals surface area contributed by atoms with Gasteiger partial charge >= 0.3 is 0 Å². The molecule has 0 unspecified atom stereocenters. The van der Waals surface area contributed by atoms with Crippen molar-refractivity contribution in [3.05, 3.63) is 47.4 Å². The standard InChI is InChI=1S/C17H16FN3OS/c1-21-9-3-7-14(12-21)16-17(20-23-19-16)22-10-4-6-13-5-2-8-15(18)11-13/h2,5,7-8,11H,3,9-10,12H2,1H3. The van der Waals surface area contributed by atoms with Gasteiger partial charge in [-0.2, -0.15) is 4.37 Å². The lowest BCUT2D eigenvalue weighted by molar-refractivity contribution is 0.352. The summed E-state index contributed by atoms with van der Waals surface area (Å²) in [6.07, 6.45) is 3.18. The Kier molecular flexibility index (Phi) is 5.01. The van der Waals surface area contributed by atoms with Crippen molar-refractivity contribution in [3.63, 3.8) is 0 Å². The van der Waals surface area contributed by atoms with E-state index in [1.54, 1.807) is 12.1 Å². The number of hydrogen-bond acceptors (Lipinski definition) is 5. The molecule has 1 aliphatic heterocycles. The zero-order valence-electron chi connectivity index (χ0n) is 12.8. The van der Waals surface area contributed by atoms with E-state index in [4.69, 9.17) is 4.74 Å². The van der Waals surface area contributed by atoms with Gasteiger partial charge in [0.25, 0.3) is 5.88 Å². The molecule has 0 fully saturated rings. The molecule has 23 heavy (non-hydrogen) atoms. The molecule has 6 heteroatoms. The number of nitrogens with zero attached hydrogens (tertiary/aromatic N) is 3. The van der Waals surface area contributed by atoms with Gasteiger partial charge in [-0.1, -0.05) is 24.0 Å². The fourth-order valence-corrected chi connectivity index (χ4v) is 2.88. The first-order valence-corrected chi connectivity index (χ1v) is 8.03. The van der Waals surface area contributed by atoms with Gasteiger partial charge in [-0.15, -0.1) is 4.37 Å². The summed E-state index contributed by atoms with van der Waals surface area (Å²) in [5.74, 6) is 5.97. The van der Waals surface area contributed by atoms with Crippen LogP contribution in [0.4, 0.5) is 4.39 Å². The Balaban J connectivity index is 1.64. The molecule has 1 aliphatic rings. The molecule has 0 spiro atoms. The van der Waals surface area contributed by atoms with Gasteiger partial charge in [0.05, 0.1) is 11.7 Å². The molecule has 0 N–H and O–H groups in total. The SMILES string of the molecule is CN1CCC=C(c2nsnc2OCC#Cc2cccc(F)c2)C1. The lowest BCUT2D eigenvalue weighted by Gasteiger charge is -2.21. The second-order valence-corrected chi connectivity index (χ2v) is 5.80. The zero-order chi connectivity index (χ0) is 16.1. The molecule has 3 rings (SSSR count). The Morgan fingerprint density at radius 2 is 2.30 bits per heavy atom. The van der Waals surface area contributed by atoms with Crippen LogP contribution in [0.2, 0.25) is 0 Å². The third kappa shape index (κ3) is 4.15. The molecule has 2 heterocycles. The summed E-state index contributed by atoms with van der Waals surface area (Å²) in [6.45, 7) is 2.09. The number of halogens is 1. The predicted octanol–water partition coefficient (Wildman–Crippen LogP) is 2.83. The van der Waals surface area contributed by atoms with E-state index in [9.17, 15) is 4.39 Å². The van der Waals surface area contributed by atoms with Crippen LogP contribution >= 0.6 is 11.7 Å². The Hall–Kier alpha value is -2.23. The zero-order valence-corrected chi connectivity index (χ0v) is 13.6. The molecule has 0 saturated heterocycles. The molecule has 0 saturated carbocycles. The molecule has 0 aliphatic carbocycles. The van der Waals surface area contributed by atoms with Crippen LogP contribution in [0.25, 0.3) is 5.57 Å². The van der Waals surface area contributed by atoms with E-state index in [0.717, 1.165) is 42.5 Å². The van der Waals surface area contributed by atoms with E-state index in [0.29, 0.717) is 11.4 Å². The topological polar surface area (TPSA) is 38.2 Å². The maximum atomic E-state index is 13.1. The first kappa shape index (κ1) is 15.7. The van der Waals surface area contributed by atoms with Crippen LogP contribution < -0.4 is 4.74 Å². The first-order chi connectivity index (χ1) is 11.2. The van der Waals surface area contributed by atoms with E-state index < -0.39 is 0 Å². The highest BCUT2D eigenvalue weighted by atomic mass is 32.1. The first-order valence-electron chi connectivity index (χ1n) is 7.30. The van der Waals surface area contributed by atoms with Crippen LogP contribution in [0.15, 0.2) is 30.3 Å². The summed E-state index contributed by atoms with van der Waals surface area (Å²) >= 11 is 1.14. The quantitative estimate of drug-likeness (QED) is 0.812. The second-order valence-electron chi connectivity index (χ2n) is 5.27.